The Bertz CT molecular complexity index is 292. The van der Waals surface area contributed by atoms with E-state index in [0.717, 1.165) is 26.1 Å². The van der Waals surface area contributed by atoms with Gasteiger partial charge in [-0.05, 0) is 14.1 Å². The minimum atomic E-state index is 0.861. The Morgan fingerprint density at radius 3 is 3.23 bits per heavy atom. The molecule has 0 atom stereocenters. The highest BCUT2D eigenvalue weighted by Crippen LogP contribution is 2.18. The van der Waals surface area contributed by atoms with Crippen LogP contribution < -0.4 is 5.32 Å². The van der Waals surface area contributed by atoms with Gasteiger partial charge in [0.1, 0.15) is 0 Å². The molecule has 0 fully saturated rings. The number of nitrogens with zero attached hydrogens (tertiary/aromatic N) is 2. The van der Waals surface area contributed by atoms with Gasteiger partial charge in [0.25, 0.3) is 0 Å². The van der Waals surface area contributed by atoms with E-state index in [9.17, 15) is 0 Å². The highest BCUT2D eigenvalue weighted by Gasteiger charge is 2.18. The zero-order valence-corrected chi connectivity index (χ0v) is 8.22. The normalized spacial score (nSPS) is 17.4. The fraction of sp³-hybridized carbons (Fsp3) is 0.667. The first kappa shape index (κ1) is 8.72. The number of nitrogens with one attached hydrogen (secondary N) is 2. The van der Waals surface area contributed by atoms with Gasteiger partial charge in [-0.15, -0.1) is 0 Å². The van der Waals surface area contributed by atoms with Gasteiger partial charge in [-0.3, -0.25) is 5.10 Å². The summed E-state index contributed by atoms with van der Waals surface area (Å²) in [5, 5.41) is 10.6. The second kappa shape index (κ2) is 3.47. The van der Waals surface area contributed by atoms with Gasteiger partial charge < -0.3 is 10.2 Å². The molecule has 0 aromatic carbocycles. The van der Waals surface area contributed by atoms with E-state index >= 15 is 0 Å². The summed E-state index contributed by atoms with van der Waals surface area (Å²) < 4.78 is 0. The van der Waals surface area contributed by atoms with Crippen LogP contribution in [-0.2, 0) is 19.5 Å². The van der Waals surface area contributed by atoms with Crippen molar-refractivity contribution in [3.63, 3.8) is 0 Å². The molecule has 0 radical (unpaired) electrons. The Morgan fingerprint density at radius 2 is 2.46 bits per heavy atom. The van der Waals surface area contributed by atoms with Crippen molar-refractivity contribution in [3.8, 4) is 0 Å². The molecule has 0 bridgehead atoms. The molecule has 1 aromatic rings. The first-order valence-corrected chi connectivity index (χ1v) is 4.69. The third kappa shape index (κ3) is 1.59. The molecule has 0 saturated carbocycles. The summed E-state index contributed by atoms with van der Waals surface area (Å²) in [6.45, 7) is 3.02. The summed E-state index contributed by atoms with van der Waals surface area (Å²) in [7, 11) is 4.10. The molecule has 4 nitrogen and oxygen atoms in total. The first-order valence-electron chi connectivity index (χ1n) is 4.69. The summed E-state index contributed by atoms with van der Waals surface area (Å²) in [6.07, 6.45) is 1.10. The van der Waals surface area contributed by atoms with Gasteiger partial charge in [-0.25, -0.2) is 0 Å². The monoisotopic (exact) mass is 180 g/mol. The Labute approximate surface area is 78.3 Å². The summed E-state index contributed by atoms with van der Waals surface area (Å²) in [6, 6.07) is 0. The van der Waals surface area contributed by atoms with Crippen molar-refractivity contribution in [2.24, 2.45) is 0 Å². The fourth-order valence-electron chi connectivity index (χ4n) is 1.80. The Hall–Kier alpha value is -0.870. The van der Waals surface area contributed by atoms with Crippen molar-refractivity contribution in [1.82, 2.24) is 20.4 Å². The van der Waals surface area contributed by atoms with Crippen LogP contribution in [0.3, 0.4) is 0 Å². The predicted octanol–water partition coefficient (Wildman–Crippen LogP) is 0.117. The predicted molar refractivity (Wildman–Crippen MR) is 51.4 cm³/mol. The lowest BCUT2D eigenvalue weighted by Gasteiger charge is -2.22. The topological polar surface area (TPSA) is 44.0 Å². The third-order valence-corrected chi connectivity index (χ3v) is 2.55. The lowest BCUT2D eigenvalue weighted by atomic mass is 10.1. The molecule has 0 unspecified atom stereocenters. The van der Waals surface area contributed by atoms with Crippen LogP contribution in [0.25, 0.3) is 0 Å². The van der Waals surface area contributed by atoms with Gasteiger partial charge in [-0.1, -0.05) is 0 Å². The third-order valence-electron chi connectivity index (χ3n) is 2.55. The fourth-order valence-corrected chi connectivity index (χ4v) is 1.80. The second-order valence-corrected chi connectivity index (χ2v) is 3.65. The van der Waals surface area contributed by atoms with Gasteiger partial charge in [0.15, 0.2) is 0 Å². The molecular weight excluding hydrogens is 164 g/mol. The quantitative estimate of drug-likeness (QED) is 0.679. The van der Waals surface area contributed by atoms with Crippen molar-refractivity contribution in [2.45, 2.75) is 19.5 Å². The van der Waals surface area contributed by atoms with Crippen molar-refractivity contribution < 1.29 is 0 Å². The molecule has 0 spiro atoms. The largest absolute Gasteiger partial charge is 0.314 e. The maximum Gasteiger partial charge on any atom is 0.0807 e. The molecule has 0 amide bonds. The van der Waals surface area contributed by atoms with E-state index in [0.29, 0.717) is 0 Å². The summed E-state index contributed by atoms with van der Waals surface area (Å²) in [5.74, 6) is 0. The number of hydrogen-bond acceptors (Lipinski definition) is 3. The number of H-pyrrole nitrogens is 1. The van der Waals surface area contributed by atoms with E-state index < -0.39 is 0 Å². The number of rotatable bonds is 2. The number of fused-ring (bicyclic) bond motifs is 1. The average molecular weight is 180 g/mol. The van der Waals surface area contributed by atoms with Gasteiger partial charge in [-0.2, -0.15) is 5.10 Å². The molecule has 13 heavy (non-hydrogen) atoms. The molecule has 2 heterocycles. The zero-order valence-electron chi connectivity index (χ0n) is 8.22. The van der Waals surface area contributed by atoms with E-state index in [4.69, 9.17) is 0 Å². The van der Waals surface area contributed by atoms with Crippen LogP contribution in [-0.4, -0.2) is 35.7 Å². The van der Waals surface area contributed by atoms with Gasteiger partial charge in [0, 0.05) is 37.3 Å². The average Bonchev–Trinajstić information content (AvgIpc) is 2.49. The van der Waals surface area contributed by atoms with Crippen molar-refractivity contribution >= 4 is 0 Å². The van der Waals surface area contributed by atoms with Gasteiger partial charge in [0.2, 0.25) is 0 Å². The molecule has 0 saturated heterocycles. The van der Waals surface area contributed by atoms with Crippen molar-refractivity contribution in [2.75, 3.05) is 20.6 Å². The number of likely N-dealkylation sites (N-methyl/N-ethyl adjacent to an activating group) is 1. The maximum atomic E-state index is 4.31. The number of aromatic nitrogens is 2. The van der Waals surface area contributed by atoms with E-state index in [1.165, 1.54) is 17.0 Å². The summed E-state index contributed by atoms with van der Waals surface area (Å²) >= 11 is 0. The van der Waals surface area contributed by atoms with E-state index in [1.807, 2.05) is 7.05 Å². The smallest absolute Gasteiger partial charge is 0.0807 e. The first-order chi connectivity index (χ1) is 6.31. The number of hydrogen-bond donors (Lipinski definition) is 2. The molecule has 1 aliphatic heterocycles. The Morgan fingerprint density at radius 1 is 1.62 bits per heavy atom. The summed E-state index contributed by atoms with van der Waals surface area (Å²) in [5.41, 5.74) is 3.88. The van der Waals surface area contributed by atoms with E-state index in [-0.39, 0.29) is 0 Å². The van der Waals surface area contributed by atoms with Crippen LogP contribution in [0.5, 0.6) is 0 Å². The van der Waals surface area contributed by atoms with E-state index in [1.54, 1.807) is 0 Å². The molecule has 1 aliphatic rings. The lowest BCUT2D eigenvalue weighted by molar-refractivity contribution is 0.310. The van der Waals surface area contributed by atoms with E-state index in [2.05, 4.69) is 27.5 Å². The van der Waals surface area contributed by atoms with Crippen LogP contribution in [0.2, 0.25) is 0 Å². The molecule has 4 heteroatoms. The van der Waals surface area contributed by atoms with Crippen molar-refractivity contribution in [1.29, 1.82) is 0 Å². The molecule has 1 aromatic heterocycles. The SMILES string of the molecule is CNCc1n[nH]c2c1CN(C)CC2. The van der Waals surface area contributed by atoms with Crippen LogP contribution in [0.1, 0.15) is 17.0 Å². The molecule has 2 rings (SSSR count). The van der Waals surface area contributed by atoms with Crippen LogP contribution >= 0.6 is 0 Å². The standard InChI is InChI=1S/C9H16N4/c1-10-5-9-7-6-13(2)4-3-8(7)11-12-9/h10H,3-6H2,1-2H3,(H,11,12). The molecule has 0 aliphatic carbocycles. The van der Waals surface area contributed by atoms with Crippen LogP contribution in [0.15, 0.2) is 0 Å². The molecule has 2 N–H and O–H groups in total. The summed E-state index contributed by atoms with van der Waals surface area (Å²) in [4.78, 5) is 2.33. The maximum absolute atomic E-state index is 4.31. The van der Waals surface area contributed by atoms with Gasteiger partial charge in [0.05, 0.1) is 5.69 Å². The Balaban J connectivity index is 2.25. The Kier molecular flexibility index (Phi) is 2.33. The minimum Gasteiger partial charge on any atom is -0.314 e. The lowest BCUT2D eigenvalue weighted by Crippen LogP contribution is -2.27. The van der Waals surface area contributed by atoms with Crippen LogP contribution in [0, 0.1) is 0 Å². The second-order valence-electron chi connectivity index (χ2n) is 3.65. The zero-order chi connectivity index (χ0) is 9.26. The highest BCUT2D eigenvalue weighted by atomic mass is 15.2. The van der Waals surface area contributed by atoms with Gasteiger partial charge >= 0.3 is 0 Å². The molecular formula is C9H16N4. The number of aromatic amines is 1. The minimum absolute atomic E-state index is 0.861. The van der Waals surface area contributed by atoms with Crippen LogP contribution in [0.4, 0.5) is 0 Å². The van der Waals surface area contributed by atoms with Crippen molar-refractivity contribution in [3.05, 3.63) is 17.0 Å². The highest BCUT2D eigenvalue weighted by molar-refractivity contribution is 5.27. The molecule has 72 valence electrons.